The summed E-state index contributed by atoms with van der Waals surface area (Å²) in [6, 6.07) is 6.46. The summed E-state index contributed by atoms with van der Waals surface area (Å²) in [7, 11) is 0. The summed E-state index contributed by atoms with van der Waals surface area (Å²) in [5.74, 6) is -0.477. The summed E-state index contributed by atoms with van der Waals surface area (Å²) < 4.78 is 6.52. The van der Waals surface area contributed by atoms with Gasteiger partial charge in [-0.2, -0.15) is 0 Å². The molecule has 3 aromatic rings. The van der Waals surface area contributed by atoms with Gasteiger partial charge in [0.2, 0.25) is 11.8 Å². The number of carboxylic acids is 1. The van der Waals surface area contributed by atoms with Crippen LogP contribution in [0.4, 0.5) is 0 Å². The van der Waals surface area contributed by atoms with Crippen LogP contribution in [0.15, 0.2) is 33.6 Å². The first-order valence-electron chi connectivity index (χ1n) is 8.39. The number of carboxylic acid groups (broad SMARTS) is 1. The van der Waals surface area contributed by atoms with Gasteiger partial charge in [-0.15, -0.1) is 33.3 Å². The minimum Gasteiger partial charge on any atom is -0.481 e. The van der Waals surface area contributed by atoms with Crippen molar-refractivity contribution in [3.8, 4) is 0 Å². The van der Waals surface area contributed by atoms with Gasteiger partial charge in [0.25, 0.3) is 0 Å². The van der Waals surface area contributed by atoms with Crippen molar-refractivity contribution < 1.29 is 14.3 Å². The lowest BCUT2D eigenvalue weighted by Gasteiger charge is -2.09. The first-order valence-corrected chi connectivity index (χ1v) is 10.1. The Morgan fingerprint density at radius 1 is 1.35 bits per heavy atom. The van der Waals surface area contributed by atoms with Crippen LogP contribution in [-0.2, 0) is 17.6 Å². The van der Waals surface area contributed by atoms with Crippen LogP contribution in [0.1, 0.15) is 47.4 Å². The number of fused-ring (bicyclic) bond motifs is 1. The minimum absolute atomic E-state index is 0.119. The zero-order valence-electron chi connectivity index (χ0n) is 14.1. The Kier molecular flexibility index (Phi) is 4.78. The van der Waals surface area contributed by atoms with Crippen molar-refractivity contribution >= 4 is 39.3 Å². The number of hydrogen-bond donors (Lipinski definition) is 1. The van der Waals surface area contributed by atoms with Gasteiger partial charge in [-0.05, 0) is 35.4 Å². The molecule has 1 N–H and O–H groups in total. The van der Waals surface area contributed by atoms with Gasteiger partial charge in [0.05, 0.1) is 16.6 Å². The van der Waals surface area contributed by atoms with E-state index in [1.807, 2.05) is 11.8 Å². The van der Waals surface area contributed by atoms with Gasteiger partial charge in [0, 0.05) is 5.25 Å². The van der Waals surface area contributed by atoms with Gasteiger partial charge in [0.1, 0.15) is 11.4 Å². The fourth-order valence-electron chi connectivity index (χ4n) is 2.90. The monoisotopic (exact) mass is 387 g/mol. The Hall–Kier alpha value is -2.19. The molecule has 1 aromatic carbocycles. The van der Waals surface area contributed by atoms with E-state index >= 15 is 0 Å². The second-order valence-electron chi connectivity index (χ2n) is 6.04. The fraction of sp³-hybridized carbons (Fsp3) is 0.333. The minimum atomic E-state index is -0.988. The molecule has 134 valence electrons. The van der Waals surface area contributed by atoms with Crippen LogP contribution in [0.3, 0.4) is 0 Å². The summed E-state index contributed by atoms with van der Waals surface area (Å²) in [6.45, 7) is 2.19. The van der Waals surface area contributed by atoms with Crippen molar-refractivity contribution in [3.05, 3.63) is 51.5 Å². The molecule has 1 aliphatic heterocycles. The number of rotatable bonds is 6. The van der Waals surface area contributed by atoms with Gasteiger partial charge < -0.3 is 9.52 Å². The average Bonchev–Trinajstić information content (AvgIpc) is 3.32. The highest BCUT2D eigenvalue weighted by molar-refractivity contribution is 8.03. The summed E-state index contributed by atoms with van der Waals surface area (Å²) in [4.78, 5) is 16.8. The predicted molar refractivity (Wildman–Crippen MR) is 101 cm³/mol. The van der Waals surface area contributed by atoms with Crippen LogP contribution in [-0.4, -0.2) is 26.3 Å². The summed E-state index contributed by atoms with van der Waals surface area (Å²) >= 11 is 3.57. The average molecular weight is 387 g/mol. The van der Waals surface area contributed by atoms with Crippen LogP contribution >= 0.6 is 23.1 Å². The van der Waals surface area contributed by atoms with Crippen LogP contribution in [0.5, 0.6) is 0 Å². The van der Waals surface area contributed by atoms with Crippen molar-refractivity contribution in [1.82, 2.24) is 15.2 Å². The summed E-state index contributed by atoms with van der Waals surface area (Å²) in [5, 5.41) is 17.8. The Labute approximate surface area is 158 Å². The van der Waals surface area contributed by atoms with Crippen molar-refractivity contribution in [2.24, 2.45) is 0 Å². The highest BCUT2D eigenvalue weighted by Gasteiger charge is 2.20. The van der Waals surface area contributed by atoms with E-state index in [9.17, 15) is 4.79 Å². The number of aromatic nitrogens is 3. The molecule has 1 atom stereocenters. The summed E-state index contributed by atoms with van der Waals surface area (Å²) in [5.41, 5.74) is 2.30. The van der Waals surface area contributed by atoms with Gasteiger partial charge in [0.15, 0.2) is 0 Å². The molecule has 3 heterocycles. The summed E-state index contributed by atoms with van der Waals surface area (Å²) in [6.07, 6.45) is 4.67. The lowest BCUT2D eigenvalue weighted by molar-refractivity contribution is -0.136. The van der Waals surface area contributed by atoms with E-state index in [1.54, 1.807) is 11.3 Å². The number of allylic oxidation sites excluding steroid dienone is 2. The molecule has 6 nitrogen and oxygen atoms in total. The molecular weight excluding hydrogens is 370 g/mol. The first kappa shape index (κ1) is 17.2. The number of nitrogens with zero attached hydrogens (tertiary/aromatic N) is 3. The number of carbonyl (C=O) groups is 1. The first-order chi connectivity index (χ1) is 12.6. The van der Waals surface area contributed by atoms with Crippen LogP contribution in [0.25, 0.3) is 10.2 Å². The molecule has 0 saturated heterocycles. The molecule has 0 saturated carbocycles. The molecule has 0 bridgehead atoms. The Bertz CT molecular complexity index is 993. The predicted octanol–water partition coefficient (Wildman–Crippen LogP) is 4.37. The second kappa shape index (κ2) is 7.20. The fourth-order valence-corrected chi connectivity index (χ4v) is 5.11. The standard InChI is InChI=1S/C18H17N3O3S2/c1-2-11-4-6-13(25-11)10-3-5-12-14(7-10)26-17(19-12)8-15-20-21-16(24-15)9-18(22)23/h3-5,7,13H,2,6,8-9H2,1H3,(H,22,23). The van der Waals surface area contributed by atoms with E-state index < -0.39 is 5.97 Å². The molecule has 1 aliphatic rings. The van der Waals surface area contributed by atoms with E-state index in [4.69, 9.17) is 9.52 Å². The third kappa shape index (κ3) is 3.66. The molecule has 8 heteroatoms. The normalized spacial score (nSPS) is 17.0. The number of thiazole rings is 1. The maximum absolute atomic E-state index is 10.7. The Balaban J connectivity index is 1.51. The van der Waals surface area contributed by atoms with E-state index in [2.05, 4.69) is 46.4 Å². The number of hydrogen-bond acceptors (Lipinski definition) is 7. The highest BCUT2D eigenvalue weighted by Crippen LogP contribution is 2.45. The lowest BCUT2D eigenvalue weighted by atomic mass is 10.1. The van der Waals surface area contributed by atoms with Crippen molar-refractivity contribution in [2.45, 2.75) is 37.9 Å². The van der Waals surface area contributed by atoms with Crippen LogP contribution in [0.2, 0.25) is 0 Å². The van der Waals surface area contributed by atoms with Gasteiger partial charge in [-0.1, -0.05) is 19.1 Å². The maximum atomic E-state index is 10.7. The van der Waals surface area contributed by atoms with E-state index in [-0.39, 0.29) is 12.3 Å². The quantitative estimate of drug-likeness (QED) is 0.672. The number of thioether (sulfide) groups is 1. The van der Waals surface area contributed by atoms with Gasteiger partial charge >= 0.3 is 5.97 Å². The van der Waals surface area contributed by atoms with E-state index in [0.29, 0.717) is 17.6 Å². The molecule has 0 radical (unpaired) electrons. The molecule has 0 aliphatic carbocycles. The largest absolute Gasteiger partial charge is 0.481 e. The van der Waals surface area contributed by atoms with Crippen LogP contribution < -0.4 is 0 Å². The van der Waals surface area contributed by atoms with Crippen molar-refractivity contribution in [2.75, 3.05) is 0 Å². The lowest BCUT2D eigenvalue weighted by Crippen LogP contribution is -1.99. The van der Waals surface area contributed by atoms with Crippen molar-refractivity contribution in [1.29, 1.82) is 0 Å². The molecule has 4 rings (SSSR count). The molecular formula is C18H17N3O3S2. The molecule has 0 amide bonds. The zero-order chi connectivity index (χ0) is 18.1. The molecule has 0 fully saturated rings. The topological polar surface area (TPSA) is 89.1 Å². The number of aliphatic carboxylic acids is 1. The molecule has 26 heavy (non-hydrogen) atoms. The Morgan fingerprint density at radius 3 is 2.96 bits per heavy atom. The van der Waals surface area contributed by atoms with Crippen molar-refractivity contribution in [3.63, 3.8) is 0 Å². The smallest absolute Gasteiger partial charge is 0.312 e. The Morgan fingerprint density at radius 2 is 2.19 bits per heavy atom. The maximum Gasteiger partial charge on any atom is 0.312 e. The zero-order valence-corrected chi connectivity index (χ0v) is 15.8. The molecule has 2 aromatic heterocycles. The second-order valence-corrected chi connectivity index (χ2v) is 8.48. The van der Waals surface area contributed by atoms with Gasteiger partial charge in [-0.3, -0.25) is 4.79 Å². The van der Waals surface area contributed by atoms with E-state index in [1.165, 1.54) is 10.5 Å². The van der Waals surface area contributed by atoms with Gasteiger partial charge in [-0.25, -0.2) is 4.98 Å². The molecule has 1 unspecified atom stereocenters. The molecule has 0 spiro atoms. The highest BCUT2D eigenvalue weighted by atomic mass is 32.2. The van der Waals surface area contributed by atoms with E-state index in [0.717, 1.165) is 28.1 Å². The SMILES string of the molecule is CCC1=CCC(c2ccc3nc(Cc4nnc(CC(=O)O)o4)sc3c2)S1. The third-order valence-corrected chi connectivity index (χ3v) is 6.67. The number of benzene rings is 1. The van der Waals surface area contributed by atoms with Crippen LogP contribution in [0, 0.1) is 0 Å². The third-order valence-electron chi connectivity index (χ3n) is 4.14.